The third-order valence-electron chi connectivity index (χ3n) is 6.03. The number of aromatic amines is 1. The summed E-state index contributed by atoms with van der Waals surface area (Å²) in [5.41, 5.74) is 5.28. The van der Waals surface area contributed by atoms with Crippen molar-refractivity contribution in [2.75, 3.05) is 26.2 Å². The number of benzene rings is 1. The second-order valence-corrected chi connectivity index (χ2v) is 7.50. The van der Waals surface area contributed by atoms with Gasteiger partial charge in [0.1, 0.15) is 0 Å². The molecule has 2 heterocycles. The van der Waals surface area contributed by atoms with Gasteiger partial charge in [-0.2, -0.15) is 0 Å². The Bertz CT molecular complexity index is 846. The molecule has 138 valence electrons. The lowest BCUT2D eigenvalue weighted by Gasteiger charge is -2.42. The molecule has 2 aliphatic rings. The summed E-state index contributed by atoms with van der Waals surface area (Å²) in [6.45, 7) is 9.81. The number of H-pyrrole nitrogens is 1. The van der Waals surface area contributed by atoms with Crippen LogP contribution in [-0.2, 0) is 11.2 Å². The largest absolute Gasteiger partial charge is 0.361 e. The lowest BCUT2D eigenvalue weighted by molar-refractivity contribution is -0.134. The lowest BCUT2D eigenvalue weighted by atomic mass is 9.79. The minimum Gasteiger partial charge on any atom is -0.361 e. The van der Waals surface area contributed by atoms with Crippen molar-refractivity contribution in [1.29, 1.82) is 0 Å². The van der Waals surface area contributed by atoms with Gasteiger partial charge in [-0.25, -0.2) is 0 Å². The molecule has 0 bridgehead atoms. The van der Waals surface area contributed by atoms with Crippen LogP contribution < -0.4 is 0 Å². The van der Waals surface area contributed by atoms with Crippen molar-refractivity contribution in [3.63, 3.8) is 0 Å². The minimum absolute atomic E-state index is 0.0385. The Morgan fingerprint density at radius 2 is 2.08 bits per heavy atom. The molecule has 1 aliphatic heterocycles. The summed E-state index contributed by atoms with van der Waals surface area (Å²) in [4.78, 5) is 21.0. The van der Waals surface area contributed by atoms with Crippen molar-refractivity contribution in [2.24, 2.45) is 5.92 Å². The maximum atomic E-state index is 13.1. The number of nitrogens with zero attached hydrogens (tertiary/aromatic N) is 2. The first-order valence-corrected chi connectivity index (χ1v) is 10.0. The number of carbonyl (C=O) groups is 1. The van der Waals surface area contributed by atoms with Gasteiger partial charge in [0.25, 0.3) is 0 Å². The van der Waals surface area contributed by atoms with Crippen LogP contribution in [0.15, 0.2) is 30.5 Å². The van der Waals surface area contributed by atoms with Crippen LogP contribution in [0.4, 0.5) is 0 Å². The molecule has 1 aliphatic carbocycles. The molecule has 0 fully saturated rings. The van der Waals surface area contributed by atoms with Crippen LogP contribution in [-0.4, -0.2) is 52.9 Å². The quantitative estimate of drug-likeness (QED) is 0.892. The normalized spacial score (nSPS) is 22.2. The van der Waals surface area contributed by atoms with E-state index in [9.17, 15) is 4.79 Å². The van der Waals surface area contributed by atoms with Gasteiger partial charge in [-0.1, -0.05) is 25.1 Å². The molecule has 0 radical (unpaired) electrons. The molecule has 4 rings (SSSR count). The topological polar surface area (TPSA) is 39.3 Å². The first-order valence-electron chi connectivity index (χ1n) is 10.0. The molecular formula is C22H29N3O. The van der Waals surface area contributed by atoms with E-state index in [4.69, 9.17) is 0 Å². The number of aromatic nitrogens is 1. The van der Waals surface area contributed by atoms with Crippen molar-refractivity contribution in [1.82, 2.24) is 14.8 Å². The first kappa shape index (κ1) is 17.3. The fourth-order valence-electron chi connectivity index (χ4n) is 4.78. The van der Waals surface area contributed by atoms with E-state index in [1.807, 2.05) is 4.90 Å². The number of fused-ring (bicyclic) bond motifs is 2. The van der Waals surface area contributed by atoms with Gasteiger partial charge >= 0.3 is 0 Å². The molecule has 2 atom stereocenters. The predicted octanol–water partition coefficient (Wildman–Crippen LogP) is 3.69. The molecule has 4 nitrogen and oxygen atoms in total. The zero-order chi connectivity index (χ0) is 18.3. The van der Waals surface area contributed by atoms with Crippen LogP contribution in [0.25, 0.3) is 16.5 Å². The van der Waals surface area contributed by atoms with E-state index in [0.717, 1.165) is 39.0 Å². The number of rotatable bonds is 5. The highest BCUT2D eigenvalue weighted by Crippen LogP contribution is 2.41. The molecule has 1 N–H and O–H groups in total. The Labute approximate surface area is 155 Å². The SMILES string of the molecule is CCCN1C[C@H](C(=O)N(CC)CC)C=C2c3cccc4[nH]cc(c34)C[C@H]21. The fraction of sp³-hybridized carbons (Fsp3) is 0.500. The van der Waals surface area contributed by atoms with Gasteiger partial charge in [-0.15, -0.1) is 0 Å². The van der Waals surface area contributed by atoms with Gasteiger partial charge in [0.15, 0.2) is 0 Å². The Kier molecular flexibility index (Phi) is 4.62. The van der Waals surface area contributed by atoms with Gasteiger partial charge < -0.3 is 9.88 Å². The maximum Gasteiger partial charge on any atom is 0.230 e. The standard InChI is InChI=1S/C22H29N3O/c1-4-10-25-14-16(22(26)24(5-2)6-3)11-18-17-8-7-9-19-21(17)15(13-23-19)12-20(18)25/h7-9,11,13,16,20,23H,4-6,10,12,14H2,1-3H3/t16-,20-/m1/s1. The van der Waals surface area contributed by atoms with Crippen molar-refractivity contribution in [3.8, 4) is 0 Å². The summed E-state index contributed by atoms with van der Waals surface area (Å²) < 4.78 is 0. The minimum atomic E-state index is -0.0385. The number of nitrogens with one attached hydrogen (secondary N) is 1. The van der Waals surface area contributed by atoms with Crippen LogP contribution >= 0.6 is 0 Å². The molecule has 1 aromatic carbocycles. The summed E-state index contributed by atoms with van der Waals surface area (Å²) in [5, 5.41) is 1.35. The predicted molar refractivity (Wildman–Crippen MR) is 107 cm³/mol. The molecule has 4 heteroatoms. The molecule has 0 spiro atoms. The zero-order valence-electron chi connectivity index (χ0n) is 16.1. The van der Waals surface area contributed by atoms with Gasteiger partial charge in [-0.3, -0.25) is 9.69 Å². The van der Waals surface area contributed by atoms with Crippen LogP contribution in [0.2, 0.25) is 0 Å². The Morgan fingerprint density at radius 1 is 1.27 bits per heavy atom. The van der Waals surface area contributed by atoms with Crippen molar-refractivity contribution >= 4 is 22.4 Å². The van der Waals surface area contributed by atoms with Gasteiger partial charge in [-0.05, 0) is 56.0 Å². The van der Waals surface area contributed by atoms with E-state index in [1.54, 1.807) is 0 Å². The monoisotopic (exact) mass is 351 g/mol. The summed E-state index contributed by atoms with van der Waals surface area (Å²) in [6, 6.07) is 6.89. The highest BCUT2D eigenvalue weighted by Gasteiger charge is 2.37. The Morgan fingerprint density at radius 3 is 2.81 bits per heavy atom. The van der Waals surface area contributed by atoms with Crippen molar-refractivity contribution < 1.29 is 4.79 Å². The molecule has 0 saturated carbocycles. The smallest absolute Gasteiger partial charge is 0.230 e. The molecule has 2 aromatic rings. The number of hydrogen-bond acceptors (Lipinski definition) is 2. The third kappa shape index (κ3) is 2.67. The van der Waals surface area contributed by atoms with E-state index >= 15 is 0 Å². The van der Waals surface area contributed by atoms with Crippen LogP contribution in [0.3, 0.4) is 0 Å². The Balaban J connectivity index is 1.80. The molecule has 0 saturated heterocycles. The second kappa shape index (κ2) is 6.92. The highest BCUT2D eigenvalue weighted by atomic mass is 16.2. The molecular weight excluding hydrogens is 322 g/mol. The van der Waals surface area contributed by atoms with E-state index in [2.05, 4.69) is 61.1 Å². The van der Waals surface area contributed by atoms with E-state index in [1.165, 1.54) is 27.6 Å². The molecule has 1 aromatic heterocycles. The average molecular weight is 351 g/mol. The lowest BCUT2D eigenvalue weighted by Crippen LogP contribution is -2.49. The van der Waals surface area contributed by atoms with E-state index in [-0.39, 0.29) is 11.8 Å². The van der Waals surface area contributed by atoms with Crippen LogP contribution in [0.1, 0.15) is 38.3 Å². The van der Waals surface area contributed by atoms with Gasteiger partial charge in [0, 0.05) is 42.8 Å². The summed E-state index contributed by atoms with van der Waals surface area (Å²) >= 11 is 0. The number of hydrogen-bond donors (Lipinski definition) is 1. The summed E-state index contributed by atoms with van der Waals surface area (Å²) in [5.74, 6) is 0.234. The average Bonchev–Trinajstić information content (AvgIpc) is 3.08. The zero-order valence-corrected chi connectivity index (χ0v) is 16.1. The van der Waals surface area contributed by atoms with Crippen LogP contribution in [0.5, 0.6) is 0 Å². The number of amides is 1. The fourth-order valence-corrected chi connectivity index (χ4v) is 4.78. The van der Waals surface area contributed by atoms with Crippen molar-refractivity contribution in [3.05, 3.63) is 41.6 Å². The Hall–Kier alpha value is -2.07. The van der Waals surface area contributed by atoms with Crippen LogP contribution in [0, 0.1) is 5.92 Å². The van der Waals surface area contributed by atoms with Crippen molar-refractivity contribution in [2.45, 2.75) is 39.7 Å². The molecule has 0 unspecified atom stereocenters. The second-order valence-electron chi connectivity index (χ2n) is 7.50. The maximum absolute atomic E-state index is 13.1. The van der Waals surface area contributed by atoms with E-state index in [0.29, 0.717) is 6.04 Å². The first-order chi connectivity index (χ1) is 12.7. The van der Waals surface area contributed by atoms with Gasteiger partial charge in [0.05, 0.1) is 5.92 Å². The van der Waals surface area contributed by atoms with Gasteiger partial charge in [0.2, 0.25) is 5.91 Å². The summed E-state index contributed by atoms with van der Waals surface area (Å²) in [6.07, 6.45) is 6.60. The summed E-state index contributed by atoms with van der Waals surface area (Å²) in [7, 11) is 0. The van der Waals surface area contributed by atoms with E-state index < -0.39 is 0 Å². The molecule has 26 heavy (non-hydrogen) atoms. The highest BCUT2D eigenvalue weighted by molar-refractivity contribution is 5.99. The molecule has 1 amide bonds. The third-order valence-corrected chi connectivity index (χ3v) is 6.03. The number of carbonyl (C=O) groups excluding carboxylic acids is 1.